The van der Waals surface area contributed by atoms with Crippen molar-refractivity contribution in [3.63, 3.8) is 0 Å². The van der Waals surface area contributed by atoms with E-state index in [0.717, 1.165) is 11.1 Å². The molecule has 5 heteroatoms. The number of hydrogen-bond acceptors (Lipinski definition) is 3. The average Bonchev–Trinajstić information content (AvgIpc) is 2.82. The Balaban J connectivity index is 2.09. The molecule has 2 heterocycles. The Morgan fingerprint density at radius 3 is 2.79 bits per heavy atom. The zero-order valence-corrected chi connectivity index (χ0v) is 11.1. The minimum Gasteiger partial charge on any atom is -0.478 e. The van der Waals surface area contributed by atoms with Crippen molar-refractivity contribution in [3.05, 3.63) is 41.4 Å². The van der Waals surface area contributed by atoms with Crippen LogP contribution < -0.4 is 4.74 Å². The third-order valence-electron chi connectivity index (χ3n) is 2.74. The lowest BCUT2D eigenvalue weighted by atomic mass is 10.2. The second-order valence-corrected chi connectivity index (χ2v) is 4.43. The van der Waals surface area contributed by atoms with Gasteiger partial charge in [-0.2, -0.15) is 4.98 Å². The van der Waals surface area contributed by atoms with Gasteiger partial charge in [0.2, 0.25) is 5.88 Å². The molecule has 0 fully saturated rings. The van der Waals surface area contributed by atoms with E-state index in [1.165, 1.54) is 0 Å². The van der Waals surface area contributed by atoms with Crippen LogP contribution in [0.25, 0.3) is 22.6 Å². The molecular formula is C14H12ClN3O. The van der Waals surface area contributed by atoms with Gasteiger partial charge in [0.25, 0.3) is 0 Å². The van der Waals surface area contributed by atoms with Crippen LogP contribution in [0.2, 0.25) is 5.02 Å². The second-order valence-electron chi connectivity index (χ2n) is 4.02. The molecule has 3 rings (SSSR count). The van der Waals surface area contributed by atoms with E-state index in [-0.39, 0.29) is 0 Å². The summed E-state index contributed by atoms with van der Waals surface area (Å²) < 4.78 is 5.36. The van der Waals surface area contributed by atoms with E-state index in [2.05, 4.69) is 15.0 Å². The van der Waals surface area contributed by atoms with Gasteiger partial charge in [-0.15, -0.1) is 0 Å². The monoisotopic (exact) mass is 273 g/mol. The van der Waals surface area contributed by atoms with Gasteiger partial charge in [-0.1, -0.05) is 23.7 Å². The number of aromatic amines is 1. The second kappa shape index (κ2) is 4.90. The van der Waals surface area contributed by atoms with Crippen LogP contribution in [0, 0.1) is 0 Å². The summed E-state index contributed by atoms with van der Waals surface area (Å²) in [4.78, 5) is 12.0. The van der Waals surface area contributed by atoms with Crippen molar-refractivity contribution in [2.24, 2.45) is 0 Å². The molecule has 0 saturated carbocycles. The molecule has 0 aliphatic rings. The summed E-state index contributed by atoms with van der Waals surface area (Å²) in [6.07, 6.45) is 0. The predicted molar refractivity (Wildman–Crippen MR) is 75.5 cm³/mol. The van der Waals surface area contributed by atoms with Gasteiger partial charge in [-0.05, 0) is 25.1 Å². The summed E-state index contributed by atoms with van der Waals surface area (Å²) in [6, 6.07) is 11.3. The van der Waals surface area contributed by atoms with Gasteiger partial charge in [0, 0.05) is 11.6 Å². The Morgan fingerprint density at radius 1 is 1.16 bits per heavy atom. The molecule has 19 heavy (non-hydrogen) atoms. The highest BCUT2D eigenvalue weighted by Gasteiger charge is 2.09. The van der Waals surface area contributed by atoms with Crippen molar-refractivity contribution in [2.45, 2.75) is 6.92 Å². The van der Waals surface area contributed by atoms with Crippen LogP contribution in [-0.4, -0.2) is 21.6 Å². The minimum atomic E-state index is 0.576. The van der Waals surface area contributed by atoms with Gasteiger partial charge < -0.3 is 9.72 Å². The third kappa shape index (κ3) is 2.27. The molecule has 3 aromatic rings. The molecule has 1 N–H and O–H groups in total. The Morgan fingerprint density at radius 2 is 2.00 bits per heavy atom. The first-order chi connectivity index (χ1) is 9.28. The molecule has 4 nitrogen and oxygen atoms in total. The van der Waals surface area contributed by atoms with Crippen molar-refractivity contribution < 1.29 is 4.74 Å². The fraction of sp³-hybridized carbons (Fsp3) is 0.143. The smallest absolute Gasteiger partial charge is 0.215 e. The van der Waals surface area contributed by atoms with Gasteiger partial charge in [-0.3, -0.25) is 0 Å². The maximum atomic E-state index is 6.16. The van der Waals surface area contributed by atoms with E-state index >= 15 is 0 Å². The first-order valence-corrected chi connectivity index (χ1v) is 6.40. The number of halogens is 1. The molecule has 0 atom stereocenters. The number of aromatic nitrogens is 3. The average molecular weight is 274 g/mol. The summed E-state index contributed by atoms with van der Waals surface area (Å²) >= 11 is 6.16. The lowest BCUT2D eigenvalue weighted by Crippen LogP contribution is -1.93. The highest BCUT2D eigenvalue weighted by molar-refractivity contribution is 6.33. The number of ether oxygens (including phenoxy) is 1. The third-order valence-corrected chi connectivity index (χ3v) is 3.07. The predicted octanol–water partition coefficient (Wildman–Crippen LogP) is 3.68. The summed E-state index contributed by atoms with van der Waals surface area (Å²) in [5.41, 5.74) is 2.35. The topological polar surface area (TPSA) is 50.8 Å². The van der Waals surface area contributed by atoms with Gasteiger partial charge in [0.1, 0.15) is 5.82 Å². The van der Waals surface area contributed by atoms with E-state index < -0.39 is 0 Å². The van der Waals surface area contributed by atoms with Gasteiger partial charge in [-0.25, -0.2) is 4.98 Å². The van der Waals surface area contributed by atoms with Gasteiger partial charge in [0.05, 0.1) is 17.1 Å². The quantitative estimate of drug-likeness (QED) is 0.792. The van der Waals surface area contributed by atoms with Crippen molar-refractivity contribution >= 4 is 22.8 Å². The fourth-order valence-electron chi connectivity index (χ4n) is 1.88. The Hall–Kier alpha value is -2.07. The summed E-state index contributed by atoms with van der Waals surface area (Å²) in [7, 11) is 0. The Bertz CT molecular complexity index is 724. The van der Waals surface area contributed by atoms with Crippen LogP contribution in [-0.2, 0) is 0 Å². The van der Waals surface area contributed by atoms with Crippen LogP contribution in [0.5, 0.6) is 5.88 Å². The first-order valence-electron chi connectivity index (χ1n) is 6.02. The van der Waals surface area contributed by atoms with E-state index in [0.29, 0.717) is 29.0 Å². The highest BCUT2D eigenvalue weighted by Crippen LogP contribution is 2.27. The Labute approximate surface area is 115 Å². The number of nitrogens with zero attached hydrogens (tertiary/aromatic N) is 2. The molecule has 0 unspecified atom stereocenters. The largest absolute Gasteiger partial charge is 0.478 e. The van der Waals surface area contributed by atoms with E-state index in [1.807, 2.05) is 43.3 Å². The molecule has 0 aliphatic heterocycles. The highest BCUT2D eigenvalue weighted by atomic mass is 35.5. The van der Waals surface area contributed by atoms with E-state index in [4.69, 9.17) is 16.3 Å². The van der Waals surface area contributed by atoms with Crippen LogP contribution in [0.4, 0.5) is 0 Å². The zero-order chi connectivity index (χ0) is 13.2. The molecular weight excluding hydrogens is 262 g/mol. The SMILES string of the molecule is CCOc1ccc2[nH]c(-c3ccccc3Cl)nc2n1. The summed E-state index contributed by atoms with van der Waals surface area (Å²) in [5.74, 6) is 1.29. The molecule has 0 amide bonds. The number of imidazole rings is 1. The lowest BCUT2D eigenvalue weighted by Gasteiger charge is -1.99. The molecule has 0 spiro atoms. The van der Waals surface area contributed by atoms with E-state index in [1.54, 1.807) is 0 Å². The number of fused-ring (bicyclic) bond motifs is 1. The number of nitrogens with one attached hydrogen (secondary N) is 1. The van der Waals surface area contributed by atoms with Crippen molar-refractivity contribution in [3.8, 4) is 17.3 Å². The molecule has 0 saturated heterocycles. The van der Waals surface area contributed by atoms with Crippen LogP contribution in [0.3, 0.4) is 0 Å². The normalized spacial score (nSPS) is 10.8. The number of pyridine rings is 1. The van der Waals surface area contributed by atoms with Crippen molar-refractivity contribution in [2.75, 3.05) is 6.61 Å². The van der Waals surface area contributed by atoms with Crippen LogP contribution in [0.15, 0.2) is 36.4 Å². The number of benzene rings is 1. The van der Waals surface area contributed by atoms with Crippen LogP contribution >= 0.6 is 11.6 Å². The molecule has 0 aliphatic carbocycles. The number of hydrogen-bond donors (Lipinski definition) is 1. The maximum Gasteiger partial charge on any atom is 0.215 e. The molecule has 96 valence electrons. The van der Waals surface area contributed by atoms with E-state index in [9.17, 15) is 0 Å². The fourth-order valence-corrected chi connectivity index (χ4v) is 2.11. The molecule has 0 bridgehead atoms. The molecule has 2 aromatic heterocycles. The van der Waals surface area contributed by atoms with Gasteiger partial charge >= 0.3 is 0 Å². The summed E-state index contributed by atoms with van der Waals surface area (Å²) in [5, 5.41) is 0.659. The first kappa shape index (κ1) is 12.0. The lowest BCUT2D eigenvalue weighted by molar-refractivity contribution is 0.328. The molecule has 0 radical (unpaired) electrons. The maximum absolute atomic E-state index is 6.16. The minimum absolute atomic E-state index is 0.576. The summed E-state index contributed by atoms with van der Waals surface area (Å²) in [6.45, 7) is 2.51. The Kier molecular flexibility index (Phi) is 3.09. The standard InChI is InChI=1S/C14H12ClN3O/c1-2-19-12-8-7-11-14(17-12)18-13(16-11)9-5-3-4-6-10(9)15/h3-8H,2H2,1H3,(H,16,17,18). The molecule has 1 aromatic carbocycles. The van der Waals surface area contributed by atoms with Crippen molar-refractivity contribution in [1.82, 2.24) is 15.0 Å². The van der Waals surface area contributed by atoms with Crippen LogP contribution in [0.1, 0.15) is 6.92 Å². The number of rotatable bonds is 3. The van der Waals surface area contributed by atoms with Gasteiger partial charge in [0.15, 0.2) is 5.65 Å². The number of H-pyrrole nitrogens is 1. The zero-order valence-electron chi connectivity index (χ0n) is 10.4. The van der Waals surface area contributed by atoms with Crippen molar-refractivity contribution in [1.29, 1.82) is 0 Å².